The van der Waals surface area contributed by atoms with E-state index in [-0.39, 0.29) is 16.7 Å². The molecule has 0 radical (unpaired) electrons. The number of carboxylic acids is 1. The fourth-order valence-corrected chi connectivity index (χ4v) is 4.53. The molecule has 2 aromatic carbocycles. The van der Waals surface area contributed by atoms with Crippen molar-refractivity contribution in [2.45, 2.75) is 26.4 Å². The van der Waals surface area contributed by atoms with Crippen LogP contribution in [0.25, 0.3) is 11.3 Å². The molecule has 0 aliphatic rings. The molecule has 0 fully saturated rings. The number of carbonyl (C=O) groups is 1. The van der Waals surface area contributed by atoms with Crippen molar-refractivity contribution in [3.8, 4) is 11.3 Å². The van der Waals surface area contributed by atoms with Crippen LogP contribution in [0.4, 0.5) is 24.0 Å². The number of aromatic nitrogens is 1. The van der Waals surface area contributed by atoms with Crippen molar-refractivity contribution < 1.29 is 23.1 Å². The second-order valence-corrected chi connectivity index (χ2v) is 9.07. The number of carboxylic acid groups (broad SMARTS) is 1. The van der Waals surface area contributed by atoms with Gasteiger partial charge < -0.3 is 10.4 Å². The normalized spacial score (nSPS) is 11.7. The summed E-state index contributed by atoms with van der Waals surface area (Å²) in [6.07, 6.45) is -4.13. The number of benzene rings is 2. The van der Waals surface area contributed by atoms with E-state index in [1.165, 1.54) is 17.4 Å². The molecule has 0 aliphatic carbocycles. The Morgan fingerprint density at radius 1 is 1.19 bits per heavy atom. The van der Waals surface area contributed by atoms with Crippen molar-refractivity contribution in [1.82, 2.24) is 4.98 Å². The molecular weight excluding hydrogens is 472 g/mol. The lowest BCUT2D eigenvalue weighted by Gasteiger charge is -2.14. The first-order chi connectivity index (χ1) is 14.5. The van der Waals surface area contributed by atoms with Gasteiger partial charge in [-0.15, -0.1) is 11.3 Å². The van der Waals surface area contributed by atoms with Crippen molar-refractivity contribution in [2.24, 2.45) is 5.92 Å². The van der Waals surface area contributed by atoms with Gasteiger partial charge in [0.15, 0.2) is 5.13 Å². The summed E-state index contributed by atoms with van der Waals surface area (Å²) in [4.78, 5) is 17.0. The summed E-state index contributed by atoms with van der Waals surface area (Å²) in [7, 11) is 0. The lowest BCUT2D eigenvalue weighted by atomic mass is 10.0. The third kappa shape index (κ3) is 5.31. The number of hydrogen-bond acceptors (Lipinski definition) is 4. The fourth-order valence-electron chi connectivity index (χ4n) is 3.02. The Bertz CT molecular complexity index is 1130. The van der Waals surface area contributed by atoms with E-state index in [1.54, 1.807) is 18.2 Å². The van der Waals surface area contributed by atoms with Crippen LogP contribution in [0.5, 0.6) is 0 Å². The molecule has 2 N–H and O–H groups in total. The third-order valence-electron chi connectivity index (χ3n) is 4.31. The fraction of sp³-hybridized carbons (Fsp3) is 0.238. The predicted octanol–water partition coefficient (Wildman–Crippen LogP) is 7.78. The summed E-state index contributed by atoms with van der Waals surface area (Å²) < 4.78 is 39.9. The zero-order valence-corrected chi connectivity index (χ0v) is 18.7. The van der Waals surface area contributed by atoms with E-state index in [1.807, 2.05) is 13.8 Å². The van der Waals surface area contributed by atoms with Crippen molar-refractivity contribution in [3.05, 3.63) is 62.4 Å². The molecule has 0 atom stereocenters. The number of aromatic carboxylic acids is 1. The Balaban J connectivity index is 2.08. The van der Waals surface area contributed by atoms with Crippen LogP contribution in [0.3, 0.4) is 0 Å². The Kier molecular flexibility index (Phi) is 6.83. The first kappa shape index (κ1) is 23.4. The molecule has 10 heteroatoms. The average Bonchev–Trinajstić information content (AvgIpc) is 3.04. The molecule has 164 valence electrons. The van der Waals surface area contributed by atoms with Gasteiger partial charge in [-0.3, -0.25) is 0 Å². The number of nitrogens with one attached hydrogen (secondary N) is 1. The molecule has 0 saturated carbocycles. The Morgan fingerprint density at radius 3 is 2.48 bits per heavy atom. The van der Waals surface area contributed by atoms with Crippen LogP contribution >= 0.6 is 34.5 Å². The molecular formula is C21H17Cl2F3N2O2S. The number of halogens is 5. The van der Waals surface area contributed by atoms with Gasteiger partial charge in [-0.25, -0.2) is 9.78 Å². The molecule has 0 amide bonds. The number of anilines is 2. The predicted molar refractivity (Wildman–Crippen MR) is 118 cm³/mol. The second kappa shape index (κ2) is 9.06. The van der Waals surface area contributed by atoms with Gasteiger partial charge in [0.05, 0.1) is 32.6 Å². The van der Waals surface area contributed by atoms with E-state index in [0.717, 1.165) is 17.0 Å². The van der Waals surface area contributed by atoms with Crippen LogP contribution in [-0.2, 0) is 12.6 Å². The molecule has 0 aliphatic heterocycles. The van der Waals surface area contributed by atoms with Crippen LogP contribution < -0.4 is 5.32 Å². The summed E-state index contributed by atoms with van der Waals surface area (Å²) in [5, 5.41) is 13.2. The highest BCUT2D eigenvalue weighted by molar-refractivity contribution is 7.16. The number of thiazole rings is 1. The van der Waals surface area contributed by atoms with Gasteiger partial charge >= 0.3 is 12.1 Å². The van der Waals surface area contributed by atoms with Crippen LogP contribution in [0.1, 0.15) is 34.6 Å². The molecule has 1 aromatic heterocycles. The van der Waals surface area contributed by atoms with Crippen molar-refractivity contribution in [3.63, 3.8) is 0 Å². The van der Waals surface area contributed by atoms with Crippen molar-refractivity contribution in [1.29, 1.82) is 0 Å². The first-order valence-corrected chi connectivity index (χ1v) is 10.7. The maximum absolute atomic E-state index is 13.3. The van der Waals surface area contributed by atoms with E-state index in [9.17, 15) is 23.1 Å². The molecule has 0 bridgehead atoms. The largest absolute Gasteiger partial charge is 0.478 e. The molecule has 31 heavy (non-hydrogen) atoms. The summed E-state index contributed by atoms with van der Waals surface area (Å²) in [5.41, 5.74) is -0.950. The topological polar surface area (TPSA) is 62.2 Å². The average molecular weight is 489 g/mol. The van der Waals surface area contributed by atoms with E-state index in [4.69, 9.17) is 23.2 Å². The maximum atomic E-state index is 13.3. The minimum Gasteiger partial charge on any atom is -0.478 e. The van der Waals surface area contributed by atoms with Crippen LogP contribution in [-0.4, -0.2) is 16.1 Å². The molecule has 3 rings (SSSR count). The summed E-state index contributed by atoms with van der Waals surface area (Å²) in [6, 6.07) is 8.23. The van der Waals surface area contributed by atoms with E-state index >= 15 is 0 Å². The third-order valence-corrected chi connectivity index (χ3v) is 6.04. The van der Waals surface area contributed by atoms with Gasteiger partial charge in [0.1, 0.15) is 0 Å². The van der Waals surface area contributed by atoms with Gasteiger partial charge in [-0.2, -0.15) is 13.2 Å². The highest BCUT2D eigenvalue weighted by atomic mass is 35.5. The monoisotopic (exact) mass is 488 g/mol. The zero-order chi connectivity index (χ0) is 22.9. The molecule has 0 spiro atoms. The smallest absolute Gasteiger partial charge is 0.417 e. The van der Waals surface area contributed by atoms with Crippen LogP contribution in [0.15, 0.2) is 36.4 Å². The Labute approximate surface area is 190 Å². The SMILES string of the molecule is CC(C)Cc1sc(Nc2cccc(C(F)(F)F)c2C(=O)O)nc1-c1ccc(Cl)c(Cl)c1. The molecule has 1 heterocycles. The minimum absolute atomic E-state index is 0.187. The number of rotatable bonds is 6. The Hall–Kier alpha value is -2.29. The summed E-state index contributed by atoms with van der Waals surface area (Å²) in [5.74, 6) is -1.39. The lowest BCUT2D eigenvalue weighted by molar-refractivity contribution is -0.138. The Morgan fingerprint density at radius 2 is 1.90 bits per heavy atom. The number of alkyl halides is 3. The summed E-state index contributed by atoms with van der Waals surface area (Å²) >= 11 is 13.4. The second-order valence-electron chi connectivity index (χ2n) is 7.17. The minimum atomic E-state index is -4.80. The molecule has 3 aromatic rings. The summed E-state index contributed by atoms with van der Waals surface area (Å²) in [6.45, 7) is 4.06. The zero-order valence-electron chi connectivity index (χ0n) is 16.3. The van der Waals surface area contributed by atoms with Crippen molar-refractivity contribution >= 4 is 51.3 Å². The standard InChI is InChI=1S/C21H17Cl2F3N2O2S/c1-10(2)8-16-18(11-6-7-13(22)14(23)9-11)28-20(31-16)27-15-5-3-4-12(21(24,25)26)17(15)19(29)30/h3-7,9-10H,8H2,1-2H3,(H,27,28)(H,29,30). The van der Waals surface area contributed by atoms with Gasteiger partial charge in [0, 0.05) is 10.4 Å². The highest BCUT2D eigenvalue weighted by Gasteiger charge is 2.36. The number of nitrogens with zero attached hydrogens (tertiary/aromatic N) is 1. The lowest BCUT2D eigenvalue weighted by Crippen LogP contribution is -2.14. The van der Waals surface area contributed by atoms with E-state index in [2.05, 4.69) is 10.3 Å². The number of hydrogen-bond donors (Lipinski definition) is 2. The highest BCUT2D eigenvalue weighted by Crippen LogP contribution is 2.39. The molecule has 0 unspecified atom stereocenters. The van der Waals surface area contributed by atoms with Gasteiger partial charge in [0.25, 0.3) is 0 Å². The van der Waals surface area contributed by atoms with Crippen LogP contribution in [0.2, 0.25) is 10.0 Å². The van der Waals surface area contributed by atoms with E-state index in [0.29, 0.717) is 27.7 Å². The van der Waals surface area contributed by atoms with Gasteiger partial charge in [0.2, 0.25) is 0 Å². The maximum Gasteiger partial charge on any atom is 0.417 e. The first-order valence-electron chi connectivity index (χ1n) is 9.13. The molecule has 4 nitrogen and oxygen atoms in total. The van der Waals surface area contributed by atoms with Crippen molar-refractivity contribution in [2.75, 3.05) is 5.32 Å². The van der Waals surface area contributed by atoms with Crippen LogP contribution in [0, 0.1) is 5.92 Å². The van der Waals surface area contributed by atoms with Gasteiger partial charge in [-0.05, 0) is 36.6 Å². The quantitative estimate of drug-likeness (QED) is 0.371. The van der Waals surface area contributed by atoms with E-state index < -0.39 is 23.3 Å². The van der Waals surface area contributed by atoms with Gasteiger partial charge in [-0.1, -0.05) is 49.2 Å². The molecule has 0 saturated heterocycles.